The molecule has 0 saturated carbocycles. The summed E-state index contributed by atoms with van der Waals surface area (Å²) in [7, 11) is 1.69. The second-order valence-corrected chi connectivity index (χ2v) is 8.94. The van der Waals surface area contributed by atoms with Crippen LogP contribution in [0.3, 0.4) is 0 Å². The second-order valence-electron chi connectivity index (χ2n) is 8.94. The fraction of sp³-hybridized carbons (Fsp3) is 0.462. The lowest BCUT2D eigenvalue weighted by molar-refractivity contribution is 0.0581. The summed E-state index contributed by atoms with van der Waals surface area (Å²) in [4.78, 5) is 35.0. The minimum Gasteiger partial charge on any atom is -0.495 e. The van der Waals surface area contributed by atoms with Crippen LogP contribution < -0.4 is 14.5 Å². The van der Waals surface area contributed by atoms with Crippen LogP contribution in [0, 0.1) is 0 Å². The smallest absolute Gasteiger partial charge is 0.257 e. The lowest BCUT2D eigenvalue weighted by atomic mass is 9.97. The molecule has 33 heavy (non-hydrogen) atoms. The first-order chi connectivity index (χ1) is 16.1. The molecule has 0 radical (unpaired) electrons. The van der Waals surface area contributed by atoms with Gasteiger partial charge in [0.2, 0.25) is 0 Å². The number of carbonyl (C=O) groups excluding carboxylic acids is 2. The van der Waals surface area contributed by atoms with E-state index in [0.717, 1.165) is 62.6 Å². The number of hydrogen-bond donors (Lipinski definition) is 0. The molecule has 0 aliphatic carbocycles. The zero-order chi connectivity index (χ0) is 22.9. The molecule has 0 bridgehead atoms. The first kappa shape index (κ1) is 21.6. The zero-order valence-corrected chi connectivity index (χ0v) is 19.5. The molecule has 1 atom stereocenters. The Morgan fingerprint density at radius 1 is 1.00 bits per heavy atom. The van der Waals surface area contributed by atoms with E-state index in [-0.39, 0.29) is 18.0 Å². The highest BCUT2D eigenvalue weighted by Crippen LogP contribution is 2.36. The summed E-state index contributed by atoms with van der Waals surface area (Å²) in [6.45, 7) is 6.58. The molecule has 174 valence electrons. The van der Waals surface area contributed by atoms with Crippen molar-refractivity contribution in [2.75, 3.05) is 56.2 Å². The number of piperidine rings is 1. The van der Waals surface area contributed by atoms with E-state index in [1.54, 1.807) is 7.11 Å². The average Bonchev–Trinajstić information content (AvgIpc) is 2.88. The standard InChI is InChI=1S/C26H32N4O3/c1-3-29-22-18-19(11-12-20(22)26(32)30-13-7-6-10-24(29)30)25(31)28-16-14-27(15-17-28)21-8-4-5-9-23(21)33-2/h4-5,8-9,11-12,18,24H,3,6-7,10,13-17H2,1-2H3/t24-/m0/s1. The normalized spacial score (nSPS) is 20.4. The minimum absolute atomic E-state index is 0.0343. The number of ether oxygens (including phenoxy) is 1. The van der Waals surface area contributed by atoms with E-state index in [1.165, 1.54) is 0 Å². The third-order valence-corrected chi connectivity index (χ3v) is 7.21. The summed E-state index contributed by atoms with van der Waals surface area (Å²) < 4.78 is 5.50. The molecule has 0 spiro atoms. The topological polar surface area (TPSA) is 56.3 Å². The van der Waals surface area contributed by atoms with Crippen LogP contribution >= 0.6 is 0 Å². The van der Waals surface area contributed by atoms with Gasteiger partial charge in [0, 0.05) is 44.8 Å². The monoisotopic (exact) mass is 448 g/mol. The third-order valence-electron chi connectivity index (χ3n) is 7.21. The summed E-state index contributed by atoms with van der Waals surface area (Å²) in [6.07, 6.45) is 3.29. The first-order valence-electron chi connectivity index (χ1n) is 12.0. The van der Waals surface area contributed by atoms with E-state index in [1.807, 2.05) is 46.2 Å². The van der Waals surface area contributed by atoms with E-state index in [4.69, 9.17) is 4.74 Å². The van der Waals surface area contributed by atoms with Crippen LogP contribution in [0.1, 0.15) is 46.9 Å². The highest BCUT2D eigenvalue weighted by molar-refractivity contribution is 6.04. The predicted octanol–water partition coefficient (Wildman–Crippen LogP) is 3.45. The van der Waals surface area contributed by atoms with Crippen LogP contribution in [0.25, 0.3) is 0 Å². The summed E-state index contributed by atoms with van der Waals surface area (Å²) in [6, 6.07) is 13.6. The van der Waals surface area contributed by atoms with Gasteiger partial charge in [-0.05, 0) is 56.5 Å². The highest BCUT2D eigenvalue weighted by atomic mass is 16.5. The molecular weight excluding hydrogens is 416 g/mol. The third kappa shape index (κ3) is 3.79. The molecule has 7 heteroatoms. The predicted molar refractivity (Wildman–Crippen MR) is 129 cm³/mol. The first-order valence-corrected chi connectivity index (χ1v) is 12.0. The molecular formula is C26H32N4O3. The lowest BCUT2D eigenvalue weighted by Gasteiger charge is -2.47. The Morgan fingerprint density at radius 2 is 1.79 bits per heavy atom. The molecule has 0 aromatic heterocycles. The fourth-order valence-corrected chi connectivity index (χ4v) is 5.48. The van der Waals surface area contributed by atoms with Gasteiger partial charge < -0.3 is 24.3 Å². The number of amides is 2. The summed E-state index contributed by atoms with van der Waals surface area (Å²) in [5.41, 5.74) is 3.35. The van der Waals surface area contributed by atoms with Crippen molar-refractivity contribution >= 4 is 23.2 Å². The van der Waals surface area contributed by atoms with Crippen LogP contribution in [0.15, 0.2) is 42.5 Å². The van der Waals surface area contributed by atoms with Crippen LogP contribution in [0.2, 0.25) is 0 Å². The molecule has 2 fully saturated rings. The number of nitrogens with zero attached hydrogens (tertiary/aromatic N) is 4. The van der Waals surface area contributed by atoms with Crippen LogP contribution in [-0.2, 0) is 0 Å². The van der Waals surface area contributed by atoms with Gasteiger partial charge in [0.15, 0.2) is 0 Å². The fourth-order valence-electron chi connectivity index (χ4n) is 5.48. The number of para-hydroxylation sites is 2. The van der Waals surface area contributed by atoms with Gasteiger partial charge in [0.05, 0.1) is 24.0 Å². The lowest BCUT2D eigenvalue weighted by Crippen LogP contribution is -2.57. The Balaban J connectivity index is 1.34. The van der Waals surface area contributed by atoms with Crippen LogP contribution in [0.5, 0.6) is 5.75 Å². The molecule has 2 aromatic rings. The number of hydrogen-bond acceptors (Lipinski definition) is 5. The Bertz CT molecular complexity index is 1050. The number of fused-ring (bicyclic) bond motifs is 2. The molecule has 2 saturated heterocycles. The maximum absolute atomic E-state index is 13.4. The molecule has 2 amide bonds. The second kappa shape index (κ2) is 8.96. The molecule has 5 rings (SSSR count). The number of piperazine rings is 1. The van der Waals surface area contributed by atoms with Gasteiger partial charge in [-0.2, -0.15) is 0 Å². The number of rotatable bonds is 4. The average molecular weight is 449 g/mol. The summed E-state index contributed by atoms with van der Waals surface area (Å²) >= 11 is 0. The summed E-state index contributed by atoms with van der Waals surface area (Å²) in [5.74, 6) is 0.990. The highest BCUT2D eigenvalue weighted by Gasteiger charge is 2.38. The van der Waals surface area contributed by atoms with E-state index in [0.29, 0.717) is 24.2 Å². The number of anilines is 2. The van der Waals surface area contributed by atoms with Crippen molar-refractivity contribution in [2.45, 2.75) is 32.4 Å². The summed E-state index contributed by atoms with van der Waals surface area (Å²) in [5, 5.41) is 0. The maximum atomic E-state index is 13.4. The van der Waals surface area contributed by atoms with Crippen LogP contribution in [-0.4, -0.2) is 74.2 Å². The number of methoxy groups -OCH3 is 1. The van der Waals surface area contributed by atoms with E-state index in [9.17, 15) is 9.59 Å². The number of benzene rings is 2. The largest absolute Gasteiger partial charge is 0.495 e. The SMILES string of the molecule is CCN1c2cc(C(=O)N3CCN(c4ccccc4OC)CC3)ccc2C(=O)N2CCCC[C@H]21. The molecule has 3 aliphatic heterocycles. The van der Waals surface area contributed by atoms with Gasteiger partial charge >= 0.3 is 0 Å². The maximum Gasteiger partial charge on any atom is 0.257 e. The Kier molecular flexibility index (Phi) is 5.87. The van der Waals surface area contributed by atoms with Gasteiger partial charge in [-0.25, -0.2) is 0 Å². The zero-order valence-electron chi connectivity index (χ0n) is 19.5. The van der Waals surface area contributed by atoms with Crippen molar-refractivity contribution in [3.63, 3.8) is 0 Å². The van der Waals surface area contributed by atoms with Gasteiger partial charge in [0.1, 0.15) is 11.9 Å². The molecule has 7 nitrogen and oxygen atoms in total. The molecule has 0 N–H and O–H groups in total. The van der Waals surface area contributed by atoms with Crippen molar-refractivity contribution in [3.8, 4) is 5.75 Å². The Labute approximate surface area is 195 Å². The van der Waals surface area contributed by atoms with Crippen molar-refractivity contribution in [1.82, 2.24) is 9.80 Å². The van der Waals surface area contributed by atoms with Gasteiger partial charge in [-0.1, -0.05) is 12.1 Å². The van der Waals surface area contributed by atoms with Gasteiger partial charge in [-0.15, -0.1) is 0 Å². The quantitative estimate of drug-likeness (QED) is 0.717. The van der Waals surface area contributed by atoms with E-state index >= 15 is 0 Å². The minimum atomic E-state index is 0.0343. The number of carbonyl (C=O) groups is 2. The van der Waals surface area contributed by atoms with Crippen molar-refractivity contribution in [1.29, 1.82) is 0 Å². The van der Waals surface area contributed by atoms with Crippen molar-refractivity contribution < 1.29 is 14.3 Å². The Hall–Kier alpha value is -3.22. The van der Waals surface area contributed by atoms with Gasteiger partial charge in [-0.3, -0.25) is 9.59 Å². The van der Waals surface area contributed by atoms with Gasteiger partial charge in [0.25, 0.3) is 11.8 Å². The van der Waals surface area contributed by atoms with Crippen molar-refractivity contribution in [3.05, 3.63) is 53.6 Å². The Morgan fingerprint density at radius 3 is 2.55 bits per heavy atom. The van der Waals surface area contributed by atoms with E-state index < -0.39 is 0 Å². The molecule has 3 heterocycles. The molecule has 3 aliphatic rings. The molecule has 0 unspecified atom stereocenters. The van der Waals surface area contributed by atoms with Crippen molar-refractivity contribution in [2.24, 2.45) is 0 Å². The molecule has 2 aromatic carbocycles. The van der Waals surface area contributed by atoms with Crippen LogP contribution in [0.4, 0.5) is 11.4 Å². The van der Waals surface area contributed by atoms with E-state index in [2.05, 4.69) is 22.8 Å².